The lowest BCUT2D eigenvalue weighted by molar-refractivity contribution is 0.634. The van der Waals surface area contributed by atoms with Gasteiger partial charge in [-0.3, -0.25) is 0 Å². The standard InChI is InChI=1S/C15H21N3/c1-3-4-10-18-12-13(2)17-15(18)16-11-14-8-6-5-7-9-14/h5-9,12H,3-4,10-11H2,1-2H3,(H,16,17). The van der Waals surface area contributed by atoms with Crippen LogP contribution in [0, 0.1) is 6.92 Å². The third-order valence-electron chi connectivity index (χ3n) is 2.94. The molecule has 1 N–H and O–H groups in total. The molecule has 0 atom stereocenters. The molecule has 2 aromatic rings. The molecule has 0 aliphatic rings. The molecule has 0 bridgehead atoms. The first kappa shape index (κ1) is 12.7. The van der Waals surface area contributed by atoms with Gasteiger partial charge in [0.2, 0.25) is 5.95 Å². The highest BCUT2D eigenvalue weighted by Crippen LogP contribution is 2.11. The molecule has 0 radical (unpaired) electrons. The number of benzene rings is 1. The summed E-state index contributed by atoms with van der Waals surface area (Å²) >= 11 is 0. The second-order valence-electron chi connectivity index (χ2n) is 4.59. The summed E-state index contributed by atoms with van der Waals surface area (Å²) in [5.74, 6) is 0.977. The van der Waals surface area contributed by atoms with Crippen molar-refractivity contribution in [3.05, 3.63) is 47.8 Å². The van der Waals surface area contributed by atoms with Gasteiger partial charge in [0, 0.05) is 19.3 Å². The molecular formula is C15H21N3. The van der Waals surface area contributed by atoms with Crippen LogP contribution in [0.3, 0.4) is 0 Å². The summed E-state index contributed by atoms with van der Waals surface area (Å²) in [5, 5.41) is 3.41. The number of hydrogen-bond donors (Lipinski definition) is 1. The van der Waals surface area contributed by atoms with Gasteiger partial charge in [0.1, 0.15) is 0 Å². The summed E-state index contributed by atoms with van der Waals surface area (Å²) in [6.07, 6.45) is 4.51. The van der Waals surface area contributed by atoms with E-state index in [-0.39, 0.29) is 0 Å². The second kappa shape index (κ2) is 6.24. The summed E-state index contributed by atoms with van der Waals surface area (Å²) in [6.45, 7) is 6.11. The van der Waals surface area contributed by atoms with Gasteiger partial charge in [0.25, 0.3) is 0 Å². The number of imidazole rings is 1. The number of aryl methyl sites for hydroxylation is 2. The van der Waals surface area contributed by atoms with Gasteiger partial charge in [-0.1, -0.05) is 43.7 Å². The van der Waals surface area contributed by atoms with Gasteiger partial charge in [0.05, 0.1) is 5.69 Å². The van der Waals surface area contributed by atoms with E-state index in [0.717, 1.165) is 24.7 Å². The van der Waals surface area contributed by atoms with E-state index in [4.69, 9.17) is 0 Å². The van der Waals surface area contributed by atoms with Crippen molar-refractivity contribution in [3.63, 3.8) is 0 Å². The molecule has 0 saturated heterocycles. The maximum atomic E-state index is 4.53. The van der Waals surface area contributed by atoms with E-state index in [1.165, 1.54) is 18.4 Å². The van der Waals surface area contributed by atoms with Gasteiger partial charge in [-0.15, -0.1) is 0 Å². The van der Waals surface area contributed by atoms with Crippen molar-refractivity contribution >= 4 is 5.95 Å². The Morgan fingerprint density at radius 1 is 1.22 bits per heavy atom. The summed E-state index contributed by atoms with van der Waals surface area (Å²) in [5.41, 5.74) is 2.35. The Kier molecular flexibility index (Phi) is 4.40. The normalized spacial score (nSPS) is 10.6. The summed E-state index contributed by atoms with van der Waals surface area (Å²) < 4.78 is 2.21. The van der Waals surface area contributed by atoms with Crippen molar-refractivity contribution < 1.29 is 0 Å². The number of nitrogens with zero attached hydrogens (tertiary/aromatic N) is 2. The molecule has 3 heteroatoms. The molecule has 0 aliphatic heterocycles. The highest BCUT2D eigenvalue weighted by atomic mass is 15.2. The first-order chi connectivity index (χ1) is 8.79. The number of nitrogens with one attached hydrogen (secondary N) is 1. The van der Waals surface area contributed by atoms with E-state index in [0.29, 0.717) is 0 Å². The Hall–Kier alpha value is -1.77. The van der Waals surface area contributed by atoms with E-state index in [1.54, 1.807) is 0 Å². The Morgan fingerprint density at radius 2 is 2.00 bits per heavy atom. The Balaban J connectivity index is 2.00. The van der Waals surface area contributed by atoms with E-state index in [1.807, 2.05) is 13.0 Å². The lowest BCUT2D eigenvalue weighted by Gasteiger charge is -2.09. The molecular weight excluding hydrogens is 222 g/mol. The minimum Gasteiger partial charge on any atom is -0.352 e. The largest absolute Gasteiger partial charge is 0.352 e. The number of aromatic nitrogens is 2. The molecule has 1 aromatic heterocycles. The lowest BCUT2D eigenvalue weighted by atomic mass is 10.2. The predicted octanol–water partition coefficient (Wildman–Crippen LogP) is 3.60. The topological polar surface area (TPSA) is 29.9 Å². The molecule has 2 rings (SSSR count). The summed E-state index contributed by atoms with van der Waals surface area (Å²) in [4.78, 5) is 4.53. The first-order valence-electron chi connectivity index (χ1n) is 6.61. The number of hydrogen-bond acceptors (Lipinski definition) is 2. The number of rotatable bonds is 6. The third kappa shape index (κ3) is 3.36. The van der Waals surface area contributed by atoms with Gasteiger partial charge in [-0.05, 0) is 18.9 Å². The van der Waals surface area contributed by atoms with Crippen LogP contribution in [0.4, 0.5) is 5.95 Å². The molecule has 1 heterocycles. The fraction of sp³-hybridized carbons (Fsp3) is 0.400. The van der Waals surface area contributed by atoms with Gasteiger partial charge < -0.3 is 9.88 Å². The quantitative estimate of drug-likeness (QED) is 0.840. The van der Waals surface area contributed by atoms with Crippen LogP contribution in [-0.2, 0) is 13.1 Å². The van der Waals surface area contributed by atoms with Crippen LogP contribution >= 0.6 is 0 Å². The molecule has 0 aliphatic carbocycles. The monoisotopic (exact) mass is 243 g/mol. The summed E-state index contributed by atoms with van der Waals surface area (Å²) in [6, 6.07) is 10.4. The van der Waals surface area contributed by atoms with Gasteiger partial charge in [0.15, 0.2) is 0 Å². The van der Waals surface area contributed by atoms with E-state index >= 15 is 0 Å². The molecule has 3 nitrogen and oxygen atoms in total. The predicted molar refractivity (Wildman–Crippen MR) is 75.6 cm³/mol. The van der Waals surface area contributed by atoms with Crippen LogP contribution in [0.25, 0.3) is 0 Å². The van der Waals surface area contributed by atoms with Crippen molar-refractivity contribution in [2.75, 3.05) is 5.32 Å². The minimum atomic E-state index is 0.823. The van der Waals surface area contributed by atoms with Crippen LogP contribution in [0.1, 0.15) is 31.0 Å². The highest BCUT2D eigenvalue weighted by Gasteiger charge is 2.04. The average Bonchev–Trinajstić information content (AvgIpc) is 2.75. The van der Waals surface area contributed by atoms with Crippen molar-refractivity contribution in [2.45, 2.75) is 39.8 Å². The number of unbranched alkanes of at least 4 members (excludes halogenated alkanes) is 1. The van der Waals surface area contributed by atoms with Gasteiger partial charge >= 0.3 is 0 Å². The zero-order chi connectivity index (χ0) is 12.8. The molecule has 1 aromatic carbocycles. The SMILES string of the molecule is CCCCn1cc(C)nc1NCc1ccccc1. The summed E-state index contributed by atoms with van der Waals surface area (Å²) in [7, 11) is 0. The van der Waals surface area contributed by atoms with Crippen LogP contribution in [0.5, 0.6) is 0 Å². The third-order valence-corrected chi connectivity index (χ3v) is 2.94. The molecule has 96 valence electrons. The zero-order valence-electron chi connectivity index (χ0n) is 11.2. The maximum absolute atomic E-state index is 4.53. The minimum absolute atomic E-state index is 0.823. The molecule has 0 fully saturated rings. The number of anilines is 1. The van der Waals surface area contributed by atoms with Gasteiger partial charge in [-0.25, -0.2) is 4.98 Å². The van der Waals surface area contributed by atoms with Crippen LogP contribution in [0.15, 0.2) is 36.5 Å². The Labute approximate surface area is 109 Å². The molecule has 18 heavy (non-hydrogen) atoms. The van der Waals surface area contributed by atoms with Crippen molar-refractivity contribution in [1.82, 2.24) is 9.55 Å². The maximum Gasteiger partial charge on any atom is 0.203 e. The smallest absolute Gasteiger partial charge is 0.203 e. The van der Waals surface area contributed by atoms with Gasteiger partial charge in [-0.2, -0.15) is 0 Å². The second-order valence-corrected chi connectivity index (χ2v) is 4.59. The van der Waals surface area contributed by atoms with Crippen LogP contribution in [-0.4, -0.2) is 9.55 Å². The van der Waals surface area contributed by atoms with Crippen molar-refractivity contribution in [2.24, 2.45) is 0 Å². The van der Waals surface area contributed by atoms with Crippen LogP contribution < -0.4 is 5.32 Å². The van der Waals surface area contributed by atoms with Crippen LogP contribution in [0.2, 0.25) is 0 Å². The van der Waals surface area contributed by atoms with E-state index in [2.05, 4.69) is 52.3 Å². The van der Waals surface area contributed by atoms with E-state index in [9.17, 15) is 0 Å². The first-order valence-corrected chi connectivity index (χ1v) is 6.61. The van der Waals surface area contributed by atoms with Crippen molar-refractivity contribution in [3.8, 4) is 0 Å². The molecule has 0 amide bonds. The van der Waals surface area contributed by atoms with Crippen molar-refractivity contribution in [1.29, 1.82) is 0 Å². The highest BCUT2D eigenvalue weighted by molar-refractivity contribution is 5.31. The average molecular weight is 243 g/mol. The Morgan fingerprint density at radius 3 is 2.72 bits per heavy atom. The molecule has 0 unspecified atom stereocenters. The molecule has 0 spiro atoms. The van der Waals surface area contributed by atoms with E-state index < -0.39 is 0 Å². The lowest BCUT2D eigenvalue weighted by Crippen LogP contribution is -2.07. The molecule has 0 saturated carbocycles. The fourth-order valence-electron chi connectivity index (χ4n) is 1.96. The Bertz CT molecular complexity index is 474. The fourth-order valence-corrected chi connectivity index (χ4v) is 1.96. The zero-order valence-corrected chi connectivity index (χ0v) is 11.2.